The number of benzene rings is 1. The Morgan fingerprint density at radius 2 is 2.31 bits per heavy atom. The van der Waals surface area contributed by atoms with Crippen LogP contribution in [0.25, 0.3) is 10.9 Å². The number of carbonyl (C=O) groups is 1. The molecule has 0 bridgehead atoms. The van der Waals surface area contributed by atoms with Gasteiger partial charge in [0.1, 0.15) is 5.75 Å². The minimum Gasteiger partial charge on any atom is -0.508 e. The van der Waals surface area contributed by atoms with Crippen molar-refractivity contribution in [2.45, 2.75) is 12.8 Å². The van der Waals surface area contributed by atoms with Crippen LogP contribution < -0.4 is 0 Å². The highest BCUT2D eigenvalue weighted by Crippen LogP contribution is 2.23. The Morgan fingerprint density at radius 3 is 3.06 bits per heavy atom. The molecule has 84 valence electrons. The standard InChI is InChI=1S/C12H13NO3/c1-16-12(15)5-2-8-7-13-11-4-3-9(14)6-10(8)11/h3-4,6-7,13-14H,2,5H2,1H3. The van der Waals surface area contributed by atoms with Gasteiger partial charge < -0.3 is 14.8 Å². The van der Waals surface area contributed by atoms with Crippen LogP contribution in [-0.2, 0) is 16.0 Å². The number of H-pyrrole nitrogens is 1. The molecule has 2 N–H and O–H groups in total. The molecule has 1 heterocycles. The van der Waals surface area contributed by atoms with E-state index in [1.807, 2.05) is 12.3 Å². The zero-order chi connectivity index (χ0) is 11.5. The van der Waals surface area contributed by atoms with E-state index in [2.05, 4.69) is 9.72 Å². The van der Waals surface area contributed by atoms with Crippen molar-refractivity contribution < 1.29 is 14.6 Å². The van der Waals surface area contributed by atoms with Crippen molar-refractivity contribution in [1.29, 1.82) is 0 Å². The number of nitrogens with one attached hydrogen (secondary N) is 1. The first-order chi connectivity index (χ1) is 7.70. The Balaban J connectivity index is 2.24. The Labute approximate surface area is 92.9 Å². The molecule has 0 saturated heterocycles. The molecule has 0 saturated carbocycles. The number of aromatic hydroxyl groups is 1. The summed E-state index contributed by atoms with van der Waals surface area (Å²) in [5.74, 6) is 0.000853. The van der Waals surface area contributed by atoms with Crippen LogP contribution in [0.1, 0.15) is 12.0 Å². The van der Waals surface area contributed by atoms with E-state index in [-0.39, 0.29) is 11.7 Å². The lowest BCUT2D eigenvalue weighted by Gasteiger charge is -1.99. The first-order valence-corrected chi connectivity index (χ1v) is 5.06. The molecule has 0 atom stereocenters. The van der Waals surface area contributed by atoms with Crippen molar-refractivity contribution in [3.05, 3.63) is 30.0 Å². The predicted octanol–water partition coefficient (Wildman–Crippen LogP) is 1.98. The zero-order valence-corrected chi connectivity index (χ0v) is 8.99. The number of hydrogen-bond donors (Lipinski definition) is 2. The molecule has 2 rings (SSSR count). The van der Waals surface area contributed by atoms with E-state index >= 15 is 0 Å². The first-order valence-electron chi connectivity index (χ1n) is 5.06. The molecule has 0 aliphatic rings. The van der Waals surface area contributed by atoms with Gasteiger partial charge in [-0.25, -0.2) is 0 Å². The van der Waals surface area contributed by atoms with Crippen molar-refractivity contribution in [2.75, 3.05) is 7.11 Å². The maximum absolute atomic E-state index is 11.0. The van der Waals surface area contributed by atoms with Crippen molar-refractivity contribution >= 4 is 16.9 Å². The van der Waals surface area contributed by atoms with E-state index in [4.69, 9.17) is 0 Å². The molecular formula is C12H13NO3. The lowest BCUT2D eigenvalue weighted by molar-refractivity contribution is -0.140. The van der Waals surface area contributed by atoms with E-state index in [0.717, 1.165) is 16.5 Å². The van der Waals surface area contributed by atoms with Crippen LogP contribution in [0.15, 0.2) is 24.4 Å². The first kappa shape index (κ1) is 10.5. The summed E-state index contributed by atoms with van der Waals surface area (Å²) in [4.78, 5) is 14.1. The number of aromatic nitrogens is 1. The van der Waals surface area contributed by atoms with Crippen LogP contribution >= 0.6 is 0 Å². The molecule has 0 amide bonds. The Hall–Kier alpha value is -1.97. The lowest BCUT2D eigenvalue weighted by atomic mass is 10.1. The number of hydrogen-bond acceptors (Lipinski definition) is 3. The second-order valence-corrected chi connectivity index (χ2v) is 3.62. The normalized spacial score (nSPS) is 10.6. The third-order valence-electron chi connectivity index (χ3n) is 2.58. The molecule has 16 heavy (non-hydrogen) atoms. The number of aryl methyl sites for hydroxylation is 1. The fourth-order valence-electron chi connectivity index (χ4n) is 1.71. The van der Waals surface area contributed by atoms with Gasteiger partial charge in [-0.2, -0.15) is 0 Å². The monoisotopic (exact) mass is 219 g/mol. The van der Waals surface area contributed by atoms with Gasteiger partial charge in [0.15, 0.2) is 0 Å². The lowest BCUT2D eigenvalue weighted by Crippen LogP contribution is -2.01. The largest absolute Gasteiger partial charge is 0.508 e. The summed E-state index contributed by atoms with van der Waals surface area (Å²) in [6.45, 7) is 0. The average Bonchev–Trinajstić information content (AvgIpc) is 2.68. The summed E-state index contributed by atoms with van der Waals surface area (Å²) in [7, 11) is 1.38. The van der Waals surface area contributed by atoms with Crippen LogP contribution in [0, 0.1) is 0 Å². The number of rotatable bonds is 3. The summed E-state index contributed by atoms with van der Waals surface area (Å²) in [5, 5.41) is 10.3. The van der Waals surface area contributed by atoms with Gasteiger partial charge >= 0.3 is 5.97 Å². The van der Waals surface area contributed by atoms with Gasteiger partial charge in [0.05, 0.1) is 7.11 Å². The summed E-state index contributed by atoms with van der Waals surface area (Å²) in [6, 6.07) is 5.13. The SMILES string of the molecule is COC(=O)CCc1c[nH]c2ccc(O)cc12. The molecule has 4 heteroatoms. The molecular weight excluding hydrogens is 206 g/mol. The fraction of sp³-hybridized carbons (Fsp3) is 0.250. The fourth-order valence-corrected chi connectivity index (χ4v) is 1.71. The number of phenolic OH excluding ortho intramolecular Hbond substituents is 1. The van der Waals surface area contributed by atoms with Gasteiger partial charge in [-0.05, 0) is 30.2 Å². The van der Waals surface area contributed by atoms with Gasteiger partial charge in [0, 0.05) is 23.5 Å². The number of aromatic amines is 1. The molecule has 1 aromatic carbocycles. The third-order valence-corrected chi connectivity index (χ3v) is 2.58. The van der Waals surface area contributed by atoms with E-state index in [1.165, 1.54) is 7.11 Å². The van der Waals surface area contributed by atoms with E-state index in [1.54, 1.807) is 12.1 Å². The van der Waals surface area contributed by atoms with Gasteiger partial charge in [-0.1, -0.05) is 0 Å². The van der Waals surface area contributed by atoms with Crippen LogP contribution in [0.4, 0.5) is 0 Å². The van der Waals surface area contributed by atoms with Crippen LogP contribution in [0.5, 0.6) is 5.75 Å². The molecule has 0 aliphatic heterocycles. The highest BCUT2D eigenvalue weighted by atomic mass is 16.5. The number of ether oxygens (including phenoxy) is 1. The molecule has 0 radical (unpaired) electrons. The van der Waals surface area contributed by atoms with E-state index in [9.17, 15) is 9.90 Å². The topological polar surface area (TPSA) is 62.3 Å². The average molecular weight is 219 g/mol. The van der Waals surface area contributed by atoms with Crippen LogP contribution in [0.2, 0.25) is 0 Å². The van der Waals surface area contributed by atoms with Crippen molar-refractivity contribution in [3.63, 3.8) is 0 Å². The van der Waals surface area contributed by atoms with Gasteiger partial charge in [-0.15, -0.1) is 0 Å². The molecule has 2 aromatic rings. The summed E-state index contributed by atoms with van der Waals surface area (Å²) >= 11 is 0. The molecule has 0 unspecified atom stereocenters. The predicted molar refractivity (Wildman–Crippen MR) is 60.3 cm³/mol. The zero-order valence-electron chi connectivity index (χ0n) is 8.99. The highest BCUT2D eigenvalue weighted by Gasteiger charge is 2.07. The molecule has 4 nitrogen and oxygen atoms in total. The van der Waals surface area contributed by atoms with Crippen LogP contribution in [-0.4, -0.2) is 23.2 Å². The smallest absolute Gasteiger partial charge is 0.305 e. The Kier molecular flexibility index (Phi) is 2.81. The maximum Gasteiger partial charge on any atom is 0.305 e. The maximum atomic E-state index is 11.0. The third kappa shape index (κ3) is 2.00. The minimum atomic E-state index is -0.227. The van der Waals surface area contributed by atoms with Crippen molar-refractivity contribution in [3.8, 4) is 5.75 Å². The summed E-state index contributed by atoms with van der Waals surface area (Å²) in [6.07, 6.45) is 2.81. The molecule has 0 fully saturated rings. The highest BCUT2D eigenvalue weighted by molar-refractivity contribution is 5.85. The number of methoxy groups -OCH3 is 1. The number of esters is 1. The number of carbonyl (C=O) groups excluding carboxylic acids is 1. The summed E-state index contributed by atoms with van der Waals surface area (Å²) < 4.78 is 4.59. The van der Waals surface area contributed by atoms with Gasteiger partial charge in [-0.3, -0.25) is 4.79 Å². The number of phenols is 1. The molecule has 1 aromatic heterocycles. The number of fused-ring (bicyclic) bond motifs is 1. The van der Waals surface area contributed by atoms with E-state index < -0.39 is 0 Å². The second kappa shape index (κ2) is 4.26. The van der Waals surface area contributed by atoms with Crippen LogP contribution in [0.3, 0.4) is 0 Å². The molecule has 0 aliphatic carbocycles. The summed E-state index contributed by atoms with van der Waals surface area (Å²) in [5.41, 5.74) is 1.97. The quantitative estimate of drug-likeness (QED) is 0.776. The second-order valence-electron chi connectivity index (χ2n) is 3.62. The van der Waals surface area contributed by atoms with E-state index in [0.29, 0.717) is 12.8 Å². The Bertz CT molecular complexity index is 516. The van der Waals surface area contributed by atoms with Crippen molar-refractivity contribution in [2.24, 2.45) is 0 Å². The minimum absolute atomic E-state index is 0.227. The van der Waals surface area contributed by atoms with Crippen molar-refractivity contribution in [1.82, 2.24) is 4.98 Å². The van der Waals surface area contributed by atoms with Gasteiger partial charge in [0.2, 0.25) is 0 Å². The molecule has 0 spiro atoms. The Morgan fingerprint density at radius 1 is 1.50 bits per heavy atom. The van der Waals surface area contributed by atoms with Gasteiger partial charge in [0.25, 0.3) is 0 Å².